The average molecular weight is 241 g/mol. The van der Waals surface area contributed by atoms with Gasteiger partial charge in [-0.2, -0.15) is 0 Å². The smallest absolute Gasteiger partial charge is 0.0301 e. The molecule has 0 amide bonds. The molecule has 2 unspecified atom stereocenters. The van der Waals surface area contributed by atoms with Crippen LogP contribution in [0.4, 0.5) is 0 Å². The van der Waals surface area contributed by atoms with Crippen molar-refractivity contribution >= 4 is 16.0 Å². The lowest BCUT2D eigenvalue weighted by atomic mass is 9.89. The lowest BCUT2D eigenvalue weighted by Gasteiger charge is -2.23. The number of aliphatic imine (C=N–C) groups is 1. The minimum Gasteiger partial charge on any atom is -0.272 e. The van der Waals surface area contributed by atoms with Crippen LogP contribution in [-0.4, -0.2) is 12.4 Å². The standard InChI is InChI=1S/C10H16NP.2C2H6/c1-3-8-5-4-6-10(12)9(8)7-11-2;2*1-2/h3,7,10H,2,4-6,12H2,1H3;2*1-2H3/b8-3-,9-7+;;. The molecular weight excluding hydrogens is 213 g/mol. The third kappa shape index (κ3) is 6.23. The Bertz CT molecular complexity index is 229. The molecule has 1 saturated carbocycles. The van der Waals surface area contributed by atoms with Gasteiger partial charge in [-0.25, -0.2) is 0 Å². The molecule has 0 heterocycles. The van der Waals surface area contributed by atoms with Crippen LogP contribution in [0.15, 0.2) is 28.4 Å². The summed E-state index contributed by atoms with van der Waals surface area (Å²) in [6, 6.07) is 0. The Morgan fingerprint density at radius 2 is 1.88 bits per heavy atom. The van der Waals surface area contributed by atoms with Gasteiger partial charge in [0, 0.05) is 11.9 Å². The molecule has 2 atom stereocenters. The summed E-state index contributed by atoms with van der Waals surface area (Å²) in [6.45, 7) is 13.6. The van der Waals surface area contributed by atoms with Crippen molar-refractivity contribution in [2.45, 2.75) is 59.5 Å². The molecule has 2 heteroatoms. The van der Waals surface area contributed by atoms with Gasteiger partial charge in [0.25, 0.3) is 0 Å². The summed E-state index contributed by atoms with van der Waals surface area (Å²) >= 11 is 0. The van der Waals surface area contributed by atoms with E-state index in [1.54, 1.807) is 0 Å². The number of rotatable bonds is 1. The normalized spacial score (nSPS) is 24.0. The van der Waals surface area contributed by atoms with E-state index < -0.39 is 0 Å². The van der Waals surface area contributed by atoms with Gasteiger partial charge in [-0.15, -0.1) is 9.24 Å². The van der Waals surface area contributed by atoms with Gasteiger partial charge >= 0.3 is 0 Å². The largest absolute Gasteiger partial charge is 0.272 e. The van der Waals surface area contributed by atoms with Crippen molar-refractivity contribution in [2.75, 3.05) is 0 Å². The minimum atomic E-state index is 0.579. The lowest BCUT2D eigenvalue weighted by molar-refractivity contribution is 0.688. The maximum Gasteiger partial charge on any atom is 0.0301 e. The first-order chi connectivity index (χ1) is 7.79. The van der Waals surface area contributed by atoms with Gasteiger partial charge in [-0.05, 0) is 44.0 Å². The van der Waals surface area contributed by atoms with Crippen molar-refractivity contribution in [3.05, 3.63) is 23.4 Å². The maximum atomic E-state index is 3.84. The van der Waals surface area contributed by atoms with Gasteiger partial charge in [0.1, 0.15) is 0 Å². The fourth-order valence-corrected chi connectivity index (χ4v) is 2.17. The van der Waals surface area contributed by atoms with Crippen molar-refractivity contribution < 1.29 is 0 Å². The summed E-state index contributed by atoms with van der Waals surface area (Å²) in [6.07, 6.45) is 7.83. The molecule has 0 aromatic heterocycles. The van der Waals surface area contributed by atoms with E-state index in [0.717, 1.165) is 0 Å². The highest BCUT2D eigenvalue weighted by molar-refractivity contribution is 7.18. The summed E-state index contributed by atoms with van der Waals surface area (Å²) < 4.78 is 0. The van der Waals surface area contributed by atoms with Crippen molar-refractivity contribution in [1.82, 2.24) is 0 Å². The van der Waals surface area contributed by atoms with E-state index in [0.29, 0.717) is 5.66 Å². The first-order valence-corrected chi connectivity index (χ1v) is 7.03. The van der Waals surface area contributed by atoms with Gasteiger partial charge in [-0.1, -0.05) is 33.8 Å². The topological polar surface area (TPSA) is 12.4 Å². The zero-order valence-electron chi connectivity index (χ0n) is 11.6. The van der Waals surface area contributed by atoms with Crippen LogP contribution in [0, 0.1) is 0 Å². The van der Waals surface area contributed by atoms with E-state index in [1.807, 2.05) is 33.9 Å². The quantitative estimate of drug-likeness (QED) is 0.452. The second-order valence-corrected chi connectivity index (χ2v) is 3.88. The Balaban J connectivity index is 0. The van der Waals surface area contributed by atoms with E-state index >= 15 is 0 Å². The monoisotopic (exact) mass is 241 g/mol. The molecule has 0 N–H and O–H groups in total. The third-order valence-electron chi connectivity index (χ3n) is 2.31. The molecule has 0 radical (unpaired) electrons. The van der Waals surface area contributed by atoms with E-state index in [4.69, 9.17) is 0 Å². The van der Waals surface area contributed by atoms with Crippen molar-refractivity contribution in [1.29, 1.82) is 0 Å². The maximum absolute atomic E-state index is 3.84. The Morgan fingerprint density at radius 3 is 2.31 bits per heavy atom. The molecule has 94 valence electrons. The van der Waals surface area contributed by atoms with E-state index in [2.05, 4.69) is 33.9 Å². The zero-order chi connectivity index (χ0) is 13.0. The number of nitrogens with zero attached hydrogens (tertiary/aromatic N) is 1. The number of hydrogen-bond donors (Lipinski definition) is 0. The van der Waals surface area contributed by atoms with E-state index in [-0.39, 0.29) is 0 Å². The molecule has 0 spiro atoms. The summed E-state index contributed by atoms with van der Waals surface area (Å²) in [7, 11) is 2.88. The summed E-state index contributed by atoms with van der Waals surface area (Å²) in [5, 5.41) is 0. The van der Waals surface area contributed by atoms with Crippen LogP contribution in [0.1, 0.15) is 53.9 Å². The molecular formula is C14H28NP. The Morgan fingerprint density at radius 1 is 1.31 bits per heavy atom. The van der Waals surface area contributed by atoms with Crippen LogP contribution in [0.3, 0.4) is 0 Å². The second-order valence-electron chi connectivity index (χ2n) is 3.08. The summed E-state index contributed by atoms with van der Waals surface area (Å²) in [5.41, 5.74) is 3.37. The van der Waals surface area contributed by atoms with Crippen LogP contribution in [-0.2, 0) is 0 Å². The van der Waals surface area contributed by atoms with E-state index in [9.17, 15) is 0 Å². The second kappa shape index (κ2) is 12.6. The molecule has 1 nitrogen and oxygen atoms in total. The summed E-state index contributed by atoms with van der Waals surface area (Å²) in [5.74, 6) is 0. The van der Waals surface area contributed by atoms with Gasteiger partial charge < -0.3 is 0 Å². The van der Waals surface area contributed by atoms with Gasteiger partial charge in [-0.3, -0.25) is 4.99 Å². The highest BCUT2D eigenvalue weighted by Crippen LogP contribution is 2.33. The molecule has 0 aliphatic heterocycles. The zero-order valence-corrected chi connectivity index (χ0v) is 12.7. The first-order valence-electron chi connectivity index (χ1n) is 6.36. The first kappa shape index (κ1) is 18.0. The SMILES string of the molecule is C=N/C=C1\C(=C/C)CCCC1P.CC.CC. The molecule has 0 aromatic carbocycles. The third-order valence-corrected chi connectivity index (χ3v) is 3.00. The summed E-state index contributed by atoms with van der Waals surface area (Å²) in [4.78, 5) is 3.84. The fraction of sp³-hybridized carbons (Fsp3) is 0.643. The van der Waals surface area contributed by atoms with Gasteiger partial charge in [0.05, 0.1) is 0 Å². The van der Waals surface area contributed by atoms with Crippen LogP contribution in [0.2, 0.25) is 0 Å². The Kier molecular flexibility index (Phi) is 14.2. The minimum absolute atomic E-state index is 0.579. The number of allylic oxidation sites excluding steroid dienone is 3. The molecule has 0 aromatic rings. The molecule has 16 heavy (non-hydrogen) atoms. The van der Waals surface area contributed by atoms with Gasteiger partial charge in [0.15, 0.2) is 0 Å². The molecule has 1 aliphatic carbocycles. The Hall–Kier alpha value is -0.420. The van der Waals surface area contributed by atoms with E-state index in [1.165, 1.54) is 30.4 Å². The average Bonchev–Trinajstić information content (AvgIpc) is 2.37. The predicted molar refractivity (Wildman–Crippen MR) is 81.4 cm³/mol. The highest BCUT2D eigenvalue weighted by atomic mass is 31.0. The molecule has 1 rings (SSSR count). The van der Waals surface area contributed by atoms with Gasteiger partial charge in [0.2, 0.25) is 0 Å². The van der Waals surface area contributed by atoms with Crippen LogP contribution >= 0.6 is 9.24 Å². The molecule has 0 saturated heterocycles. The Labute approximate surface area is 104 Å². The molecule has 1 fully saturated rings. The van der Waals surface area contributed by atoms with Crippen LogP contribution < -0.4 is 0 Å². The predicted octanol–water partition coefficient (Wildman–Crippen LogP) is 5.00. The number of hydrogen-bond acceptors (Lipinski definition) is 1. The van der Waals surface area contributed by atoms with Crippen molar-refractivity contribution in [3.63, 3.8) is 0 Å². The van der Waals surface area contributed by atoms with Crippen molar-refractivity contribution in [2.24, 2.45) is 4.99 Å². The molecule has 0 bridgehead atoms. The fourth-order valence-electron chi connectivity index (χ4n) is 1.64. The highest BCUT2D eigenvalue weighted by Gasteiger charge is 2.17. The molecule has 1 aliphatic rings. The van der Waals surface area contributed by atoms with Crippen LogP contribution in [0.5, 0.6) is 0 Å². The van der Waals surface area contributed by atoms with Crippen LogP contribution in [0.25, 0.3) is 0 Å². The lowest BCUT2D eigenvalue weighted by Crippen LogP contribution is -2.11. The van der Waals surface area contributed by atoms with Crippen molar-refractivity contribution in [3.8, 4) is 0 Å².